The molecule has 3 heterocycles. The monoisotopic (exact) mass is 491 g/mol. The first-order valence-electron chi connectivity index (χ1n) is 13.8. The van der Waals surface area contributed by atoms with Gasteiger partial charge >= 0.3 is 5.97 Å². The normalized spacial score (nSPS) is 65.1. The second-order valence-electron chi connectivity index (χ2n) is 14.0. The van der Waals surface area contributed by atoms with Crippen LogP contribution in [-0.2, 0) is 9.53 Å². The Balaban J connectivity index is 1.36. The number of hydrogen-bond donors (Lipinski definition) is 5. The number of nitrogens with zero attached hydrogens (tertiary/aromatic N) is 1. The molecule has 4 bridgehead atoms. The predicted molar refractivity (Wildman–Crippen MR) is 124 cm³/mol. The van der Waals surface area contributed by atoms with Gasteiger partial charge in [0, 0.05) is 42.3 Å². The lowest BCUT2D eigenvalue weighted by Crippen LogP contribution is -2.76. The van der Waals surface area contributed by atoms with Crippen LogP contribution in [0.25, 0.3) is 0 Å². The molecule has 0 radical (unpaired) electrons. The second-order valence-corrected chi connectivity index (χ2v) is 14.0. The molecule has 0 aromatic rings. The number of esters is 1. The minimum absolute atomic E-state index is 0.0888. The van der Waals surface area contributed by atoms with E-state index in [2.05, 4.69) is 18.7 Å². The molecule has 14 unspecified atom stereocenters. The maximum atomic E-state index is 13.2. The summed E-state index contributed by atoms with van der Waals surface area (Å²) in [6.45, 7) is 7.62. The van der Waals surface area contributed by atoms with Gasteiger partial charge in [-0.25, -0.2) is 4.79 Å². The number of ether oxygens (including phenoxy) is 1. The number of hydrogen-bond acceptors (Lipinski definition) is 8. The fraction of sp³-hybridized carbons (Fsp3) is 0.963. The van der Waals surface area contributed by atoms with Crippen molar-refractivity contribution < 1.29 is 35.1 Å². The Kier molecular flexibility index (Phi) is 4.41. The van der Waals surface area contributed by atoms with Gasteiger partial charge in [-0.05, 0) is 69.6 Å². The fourth-order valence-electron chi connectivity index (χ4n) is 11.3. The number of carbonyl (C=O) groups excluding carboxylic acids is 1. The Morgan fingerprint density at radius 3 is 2.43 bits per heavy atom. The van der Waals surface area contributed by atoms with Gasteiger partial charge < -0.3 is 30.3 Å². The lowest BCUT2D eigenvalue weighted by atomic mass is 9.50. The molecule has 4 aliphatic carbocycles. The molecule has 0 amide bonds. The van der Waals surface area contributed by atoms with Crippen molar-refractivity contribution in [2.75, 3.05) is 13.1 Å². The maximum Gasteiger partial charge on any atom is 0.339 e. The summed E-state index contributed by atoms with van der Waals surface area (Å²) in [5.41, 5.74) is -5.77. The van der Waals surface area contributed by atoms with E-state index in [1.54, 1.807) is 6.92 Å². The minimum Gasteiger partial charge on any atom is -0.456 e. The lowest BCUT2D eigenvalue weighted by Gasteiger charge is -2.63. The molecule has 3 aliphatic heterocycles. The van der Waals surface area contributed by atoms with Gasteiger partial charge in [-0.1, -0.05) is 13.8 Å². The maximum absolute atomic E-state index is 13.2. The molecule has 4 saturated carbocycles. The number of piperidine rings is 2. The van der Waals surface area contributed by atoms with Gasteiger partial charge in [0.25, 0.3) is 0 Å². The molecule has 5 N–H and O–H groups in total. The second kappa shape index (κ2) is 6.62. The highest BCUT2D eigenvalue weighted by molar-refractivity contribution is 5.83. The third kappa shape index (κ3) is 2.36. The zero-order chi connectivity index (χ0) is 24.9. The van der Waals surface area contributed by atoms with Crippen molar-refractivity contribution in [1.29, 1.82) is 0 Å². The fourth-order valence-corrected chi connectivity index (χ4v) is 11.3. The topological polar surface area (TPSA) is 131 Å². The van der Waals surface area contributed by atoms with Crippen molar-refractivity contribution in [1.82, 2.24) is 4.90 Å². The van der Waals surface area contributed by atoms with E-state index in [0.29, 0.717) is 44.6 Å². The summed E-state index contributed by atoms with van der Waals surface area (Å²) in [5.74, 6) is -2.05. The van der Waals surface area contributed by atoms with E-state index in [9.17, 15) is 30.3 Å². The van der Waals surface area contributed by atoms with Crippen LogP contribution in [0, 0.1) is 40.9 Å². The first-order chi connectivity index (χ1) is 16.3. The zero-order valence-corrected chi connectivity index (χ0v) is 21.1. The molecule has 8 heteroatoms. The number of rotatable bonds is 0. The molecular formula is C27H41NO7. The van der Waals surface area contributed by atoms with Crippen LogP contribution in [0.5, 0.6) is 0 Å². The largest absolute Gasteiger partial charge is 0.456 e. The smallest absolute Gasteiger partial charge is 0.339 e. The molecule has 3 saturated heterocycles. The quantitative estimate of drug-likeness (QED) is 0.308. The molecule has 7 fully saturated rings. The molecule has 8 nitrogen and oxygen atoms in total. The third-order valence-electron chi connectivity index (χ3n) is 12.8. The van der Waals surface area contributed by atoms with Gasteiger partial charge in [0.1, 0.15) is 17.3 Å². The van der Waals surface area contributed by atoms with E-state index in [0.717, 1.165) is 19.4 Å². The van der Waals surface area contributed by atoms with Gasteiger partial charge in [-0.2, -0.15) is 0 Å². The summed E-state index contributed by atoms with van der Waals surface area (Å²) in [7, 11) is 0. The Morgan fingerprint density at radius 2 is 1.69 bits per heavy atom. The molecule has 0 aromatic heterocycles. The highest BCUT2D eigenvalue weighted by atomic mass is 16.6. The van der Waals surface area contributed by atoms with E-state index in [-0.39, 0.29) is 17.9 Å². The summed E-state index contributed by atoms with van der Waals surface area (Å²) >= 11 is 0. The third-order valence-corrected chi connectivity index (χ3v) is 12.8. The number of aliphatic hydroxyl groups is 5. The van der Waals surface area contributed by atoms with Crippen LogP contribution in [0.3, 0.4) is 0 Å². The summed E-state index contributed by atoms with van der Waals surface area (Å²) < 4.78 is 6.24. The average molecular weight is 492 g/mol. The van der Waals surface area contributed by atoms with Gasteiger partial charge in [0.2, 0.25) is 0 Å². The molecule has 1 spiro atoms. The highest BCUT2D eigenvalue weighted by Crippen LogP contribution is 2.75. The Morgan fingerprint density at radius 1 is 0.971 bits per heavy atom. The van der Waals surface area contributed by atoms with Gasteiger partial charge in [0.15, 0.2) is 5.60 Å². The van der Waals surface area contributed by atoms with Crippen molar-refractivity contribution >= 4 is 5.97 Å². The van der Waals surface area contributed by atoms with Crippen molar-refractivity contribution in [3.8, 4) is 0 Å². The minimum atomic E-state index is -1.61. The molecule has 7 aliphatic rings. The molecule has 35 heavy (non-hydrogen) atoms. The van der Waals surface area contributed by atoms with Gasteiger partial charge in [-0.15, -0.1) is 0 Å². The first-order valence-corrected chi connectivity index (χ1v) is 13.8. The standard InChI is InChI=1S/C27H41NO7/c1-13-4-7-18-24(3,32)19-14(12-28(18)11-13)15-10-26-17(27(15,34)21(30)20(19)29)6-5-16-23(26,2)8-9-25(16,33)22(31)35-26/h13-21,29-30,32-34H,4-12H2,1-3H3. The number of fused-ring (bicyclic) bond motifs is 5. The molecule has 0 aromatic carbocycles. The van der Waals surface area contributed by atoms with Crippen LogP contribution in [0.4, 0.5) is 0 Å². The molecule has 14 atom stereocenters. The Bertz CT molecular complexity index is 973. The van der Waals surface area contributed by atoms with E-state index < -0.39 is 63.8 Å². The molecule has 196 valence electrons. The van der Waals surface area contributed by atoms with Crippen LogP contribution in [0.15, 0.2) is 0 Å². The summed E-state index contributed by atoms with van der Waals surface area (Å²) in [6, 6.07) is -0.0888. The van der Waals surface area contributed by atoms with Crippen LogP contribution >= 0.6 is 0 Å². The van der Waals surface area contributed by atoms with Crippen LogP contribution in [-0.4, -0.2) is 90.1 Å². The SMILES string of the molecule is CC1CCC2N(C1)CC1C(C(O)C(O)C3(O)C1CC14OC(=O)C5(O)CCC1(C)C5CCC34)C2(C)O. The number of carbonyl (C=O) groups is 1. The van der Waals surface area contributed by atoms with E-state index >= 15 is 0 Å². The van der Waals surface area contributed by atoms with E-state index in [4.69, 9.17) is 4.74 Å². The van der Waals surface area contributed by atoms with Crippen molar-refractivity contribution in [2.45, 2.75) is 106 Å². The van der Waals surface area contributed by atoms with Crippen molar-refractivity contribution in [2.24, 2.45) is 40.9 Å². The predicted octanol–water partition coefficient (Wildman–Crippen LogP) is 0.423. The van der Waals surface area contributed by atoms with E-state index in [1.165, 1.54) is 0 Å². The summed E-state index contributed by atoms with van der Waals surface area (Å²) in [5, 5.41) is 58.7. The first kappa shape index (κ1) is 23.4. The molecule has 7 rings (SSSR count). The lowest BCUT2D eigenvalue weighted by molar-refractivity contribution is -0.293. The van der Waals surface area contributed by atoms with Crippen molar-refractivity contribution in [3.63, 3.8) is 0 Å². The van der Waals surface area contributed by atoms with Crippen LogP contribution < -0.4 is 0 Å². The Labute approximate surface area is 206 Å². The van der Waals surface area contributed by atoms with Gasteiger partial charge in [0.05, 0.1) is 11.7 Å². The Hall–Kier alpha value is -0.770. The zero-order valence-electron chi connectivity index (χ0n) is 21.1. The average Bonchev–Trinajstić information content (AvgIpc) is 3.18. The van der Waals surface area contributed by atoms with E-state index in [1.807, 2.05) is 0 Å². The van der Waals surface area contributed by atoms with Gasteiger partial charge in [-0.3, -0.25) is 4.90 Å². The van der Waals surface area contributed by atoms with Crippen molar-refractivity contribution in [3.05, 3.63) is 0 Å². The number of aliphatic hydroxyl groups excluding tert-OH is 2. The van der Waals surface area contributed by atoms with Crippen LogP contribution in [0.1, 0.15) is 65.7 Å². The molecular weight excluding hydrogens is 450 g/mol. The van der Waals surface area contributed by atoms with Crippen LogP contribution in [0.2, 0.25) is 0 Å². The highest BCUT2D eigenvalue weighted by Gasteiger charge is 2.84. The summed E-state index contributed by atoms with van der Waals surface area (Å²) in [6.07, 6.45) is 1.69. The summed E-state index contributed by atoms with van der Waals surface area (Å²) in [4.78, 5) is 15.6.